The van der Waals surface area contributed by atoms with Crippen molar-refractivity contribution < 1.29 is 19.1 Å². The second-order valence-electron chi connectivity index (χ2n) is 8.17. The van der Waals surface area contributed by atoms with Gasteiger partial charge >= 0.3 is 5.97 Å². The van der Waals surface area contributed by atoms with Gasteiger partial charge in [0.05, 0.1) is 18.0 Å². The maximum Gasteiger partial charge on any atom is 0.311 e. The molecule has 4 rings (SSSR count). The number of carbonyl (C=O) groups is 3. The highest BCUT2D eigenvalue weighted by molar-refractivity contribution is 7.09. The van der Waals surface area contributed by atoms with Gasteiger partial charge in [-0.2, -0.15) is 0 Å². The molecular weight excluding hydrogens is 438 g/mol. The molecule has 8 heteroatoms. The Kier molecular flexibility index (Phi) is 6.84. The summed E-state index contributed by atoms with van der Waals surface area (Å²) in [5.41, 5.74) is 4.34. The molecule has 1 aromatic heterocycles. The van der Waals surface area contributed by atoms with Crippen LogP contribution in [0.3, 0.4) is 0 Å². The monoisotopic (exact) mass is 463 g/mol. The summed E-state index contributed by atoms with van der Waals surface area (Å²) in [5, 5.41) is 5.27. The number of esters is 1. The van der Waals surface area contributed by atoms with Gasteiger partial charge in [0.2, 0.25) is 11.8 Å². The van der Waals surface area contributed by atoms with Gasteiger partial charge in [0.15, 0.2) is 0 Å². The van der Waals surface area contributed by atoms with Gasteiger partial charge in [-0.3, -0.25) is 14.4 Å². The highest BCUT2D eigenvalue weighted by Gasteiger charge is 2.36. The molecular formula is C25H25N3O4S. The predicted octanol–water partition coefficient (Wildman–Crippen LogP) is 4.04. The van der Waals surface area contributed by atoms with Crippen LogP contribution in [-0.4, -0.2) is 29.3 Å². The first-order valence-electron chi connectivity index (χ1n) is 10.7. The maximum absolute atomic E-state index is 12.5. The van der Waals surface area contributed by atoms with Gasteiger partial charge in [-0.1, -0.05) is 35.4 Å². The molecule has 170 valence electrons. The maximum atomic E-state index is 12.5. The van der Waals surface area contributed by atoms with Gasteiger partial charge in [-0.25, -0.2) is 4.98 Å². The molecule has 0 radical (unpaired) electrons. The van der Waals surface area contributed by atoms with E-state index >= 15 is 0 Å². The zero-order valence-electron chi connectivity index (χ0n) is 18.5. The highest BCUT2D eigenvalue weighted by atomic mass is 32.1. The average Bonchev–Trinajstić information content (AvgIpc) is 3.40. The van der Waals surface area contributed by atoms with Crippen molar-refractivity contribution in [1.82, 2.24) is 4.98 Å². The van der Waals surface area contributed by atoms with Crippen molar-refractivity contribution in [2.24, 2.45) is 5.92 Å². The second-order valence-corrected chi connectivity index (χ2v) is 9.11. The molecule has 0 bridgehead atoms. The van der Waals surface area contributed by atoms with Crippen molar-refractivity contribution in [3.05, 3.63) is 75.7 Å². The van der Waals surface area contributed by atoms with Crippen molar-refractivity contribution in [3.63, 3.8) is 0 Å². The van der Waals surface area contributed by atoms with E-state index < -0.39 is 11.9 Å². The molecule has 2 heterocycles. The lowest BCUT2D eigenvalue weighted by molar-refractivity contribution is -0.149. The topological polar surface area (TPSA) is 88.6 Å². The lowest BCUT2D eigenvalue weighted by Gasteiger charge is -2.16. The fourth-order valence-corrected chi connectivity index (χ4v) is 4.36. The van der Waals surface area contributed by atoms with Gasteiger partial charge < -0.3 is 15.0 Å². The van der Waals surface area contributed by atoms with Crippen molar-refractivity contribution in [3.8, 4) is 0 Å². The van der Waals surface area contributed by atoms with Crippen LogP contribution in [0.25, 0.3) is 0 Å². The Morgan fingerprint density at radius 3 is 2.45 bits per heavy atom. The van der Waals surface area contributed by atoms with Crippen LogP contribution in [0.5, 0.6) is 0 Å². The number of hydrogen-bond donors (Lipinski definition) is 1. The van der Waals surface area contributed by atoms with Gasteiger partial charge in [0.1, 0.15) is 11.6 Å². The molecule has 0 saturated carbocycles. The number of aromatic nitrogens is 1. The molecule has 0 aliphatic carbocycles. The van der Waals surface area contributed by atoms with Crippen LogP contribution in [0, 0.1) is 19.8 Å². The summed E-state index contributed by atoms with van der Waals surface area (Å²) < 4.78 is 5.41. The summed E-state index contributed by atoms with van der Waals surface area (Å²) in [6, 6.07) is 15.2. The molecule has 2 aromatic carbocycles. The van der Waals surface area contributed by atoms with Gasteiger partial charge in [-0.15, -0.1) is 11.3 Å². The Morgan fingerprint density at radius 1 is 1.09 bits per heavy atom. The Bertz CT molecular complexity index is 1160. The van der Waals surface area contributed by atoms with E-state index in [9.17, 15) is 14.4 Å². The number of carbonyl (C=O) groups excluding carboxylic acids is 3. The Morgan fingerprint density at radius 2 is 1.76 bits per heavy atom. The largest absolute Gasteiger partial charge is 0.459 e. The summed E-state index contributed by atoms with van der Waals surface area (Å²) in [6.07, 6.45) is 0.281. The lowest BCUT2D eigenvalue weighted by Crippen LogP contribution is -2.26. The van der Waals surface area contributed by atoms with Gasteiger partial charge in [-0.05, 0) is 38.1 Å². The predicted molar refractivity (Wildman–Crippen MR) is 127 cm³/mol. The first-order chi connectivity index (χ1) is 15.9. The number of anilines is 2. The van der Waals surface area contributed by atoms with Crippen molar-refractivity contribution in [2.45, 2.75) is 33.3 Å². The summed E-state index contributed by atoms with van der Waals surface area (Å²) >= 11 is 1.35. The first-order valence-corrected chi connectivity index (χ1v) is 11.6. The van der Waals surface area contributed by atoms with E-state index in [-0.39, 0.29) is 31.3 Å². The lowest BCUT2D eigenvalue weighted by atomic mass is 10.1. The zero-order chi connectivity index (χ0) is 23.4. The number of aryl methyl sites for hydroxylation is 2. The average molecular weight is 464 g/mol. The number of thiazole rings is 1. The summed E-state index contributed by atoms with van der Waals surface area (Å²) in [5.74, 6) is -1.16. The van der Waals surface area contributed by atoms with E-state index in [2.05, 4.69) is 10.3 Å². The third-order valence-corrected chi connectivity index (χ3v) is 6.31. The van der Waals surface area contributed by atoms with Crippen LogP contribution < -0.4 is 10.2 Å². The standard InChI is InChI=1S/C25H25N3O4S/c1-16-3-7-19(8-4-16)26-22(29)12-23-27-20(15-33-23)14-32-25(31)18-11-24(30)28(13-18)21-9-5-17(2)6-10-21/h3-10,15,18H,11-14H2,1-2H3,(H,26,29). The van der Waals surface area contributed by atoms with Crippen LogP contribution >= 0.6 is 11.3 Å². The molecule has 0 spiro atoms. The SMILES string of the molecule is Cc1ccc(NC(=O)Cc2nc(COC(=O)C3CC(=O)N(c4ccc(C)cc4)C3)cs2)cc1. The number of ether oxygens (including phenoxy) is 1. The van der Waals surface area contributed by atoms with Crippen LogP contribution in [0.15, 0.2) is 53.9 Å². The van der Waals surface area contributed by atoms with E-state index in [4.69, 9.17) is 4.74 Å². The molecule has 33 heavy (non-hydrogen) atoms. The molecule has 1 atom stereocenters. The molecule has 1 aliphatic heterocycles. The van der Waals surface area contributed by atoms with E-state index in [1.165, 1.54) is 11.3 Å². The molecule has 2 amide bonds. The third kappa shape index (κ3) is 5.84. The third-order valence-electron chi connectivity index (χ3n) is 5.41. The number of hydrogen-bond acceptors (Lipinski definition) is 6. The van der Waals surface area contributed by atoms with Crippen LogP contribution in [-0.2, 0) is 32.1 Å². The molecule has 3 aromatic rings. The van der Waals surface area contributed by atoms with E-state index in [1.54, 1.807) is 10.3 Å². The van der Waals surface area contributed by atoms with E-state index in [0.29, 0.717) is 17.2 Å². The normalized spacial score (nSPS) is 15.5. The molecule has 1 N–H and O–H groups in total. The van der Waals surface area contributed by atoms with Crippen LogP contribution in [0.2, 0.25) is 0 Å². The minimum absolute atomic E-state index is 0.0180. The van der Waals surface area contributed by atoms with Crippen LogP contribution in [0.1, 0.15) is 28.2 Å². The fourth-order valence-electron chi connectivity index (χ4n) is 3.58. The number of rotatable bonds is 7. The summed E-state index contributed by atoms with van der Waals surface area (Å²) in [6.45, 7) is 4.29. The smallest absolute Gasteiger partial charge is 0.311 e. The van der Waals surface area contributed by atoms with Crippen molar-refractivity contribution >= 4 is 40.5 Å². The molecule has 1 aliphatic rings. The zero-order valence-corrected chi connectivity index (χ0v) is 19.4. The Balaban J connectivity index is 1.26. The molecule has 7 nitrogen and oxygen atoms in total. The van der Waals surface area contributed by atoms with E-state index in [1.807, 2.05) is 62.4 Å². The Hall–Kier alpha value is -3.52. The quantitative estimate of drug-likeness (QED) is 0.535. The van der Waals surface area contributed by atoms with Crippen molar-refractivity contribution in [1.29, 1.82) is 0 Å². The number of nitrogens with one attached hydrogen (secondary N) is 1. The summed E-state index contributed by atoms with van der Waals surface area (Å²) in [7, 11) is 0. The minimum Gasteiger partial charge on any atom is -0.459 e. The van der Waals surface area contributed by atoms with Crippen LogP contribution in [0.4, 0.5) is 11.4 Å². The van der Waals surface area contributed by atoms with Gasteiger partial charge in [0.25, 0.3) is 0 Å². The fraction of sp³-hybridized carbons (Fsp3) is 0.280. The summed E-state index contributed by atoms with van der Waals surface area (Å²) in [4.78, 5) is 43.2. The minimum atomic E-state index is -0.503. The van der Waals surface area contributed by atoms with Crippen molar-refractivity contribution in [2.75, 3.05) is 16.8 Å². The second kappa shape index (κ2) is 9.95. The molecule has 1 saturated heterocycles. The Labute approximate surface area is 196 Å². The molecule has 1 fully saturated rings. The number of nitrogens with zero attached hydrogens (tertiary/aromatic N) is 2. The number of amides is 2. The molecule has 1 unspecified atom stereocenters. The van der Waals surface area contributed by atoms with Gasteiger partial charge in [0, 0.05) is 29.7 Å². The first kappa shape index (κ1) is 22.7. The van der Waals surface area contributed by atoms with E-state index in [0.717, 1.165) is 22.5 Å². The highest BCUT2D eigenvalue weighted by Crippen LogP contribution is 2.26. The number of benzene rings is 2.